The van der Waals surface area contributed by atoms with E-state index < -0.39 is 0 Å². The number of hydrogen-bond donors (Lipinski definition) is 2. The summed E-state index contributed by atoms with van der Waals surface area (Å²) in [5.74, 6) is 0.0542. The van der Waals surface area contributed by atoms with Crippen molar-refractivity contribution in [3.8, 4) is 0 Å². The van der Waals surface area contributed by atoms with Crippen LogP contribution in [0.1, 0.15) is 17.8 Å². The van der Waals surface area contributed by atoms with Crippen molar-refractivity contribution in [2.75, 3.05) is 32.8 Å². The van der Waals surface area contributed by atoms with Crippen molar-refractivity contribution in [3.05, 3.63) is 22.4 Å². The highest BCUT2D eigenvalue weighted by molar-refractivity contribution is 7.10. The van der Waals surface area contributed by atoms with Crippen LogP contribution >= 0.6 is 11.3 Å². The van der Waals surface area contributed by atoms with Crippen LogP contribution in [0.25, 0.3) is 0 Å². The van der Waals surface area contributed by atoms with E-state index in [9.17, 15) is 4.79 Å². The first-order chi connectivity index (χ1) is 9.19. The molecule has 0 radical (unpaired) electrons. The topological polar surface area (TPSA) is 67.6 Å². The minimum Gasteiger partial charge on any atom is -0.374 e. The third-order valence-corrected chi connectivity index (χ3v) is 4.26. The molecule has 2 heterocycles. The molecule has 5 nitrogen and oxygen atoms in total. The average molecular weight is 283 g/mol. The van der Waals surface area contributed by atoms with Gasteiger partial charge in [0.05, 0.1) is 25.3 Å². The van der Waals surface area contributed by atoms with Crippen LogP contribution in [0.15, 0.2) is 17.5 Å². The summed E-state index contributed by atoms with van der Waals surface area (Å²) in [5, 5.41) is 5.04. The number of ether oxygens (including phenoxy) is 1. The molecular weight excluding hydrogens is 262 g/mol. The van der Waals surface area contributed by atoms with Crippen molar-refractivity contribution < 1.29 is 9.53 Å². The standard InChI is InChI=1S/C13H21N3O2S/c1-10(12-3-2-6-19-12)15-13(17)9-16-4-5-18-11(7-14)8-16/h2-3,6,10-11H,4-5,7-9,14H2,1H3,(H,15,17). The number of nitrogens with one attached hydrogen (secondary N) is 1. The van der Waals surface area contributed by atoms with E-state index in [2.05, 4.69) is 10.2 Å². The van der Waals surface area contributed by atoms with E-state index >= 15 is 0 Å². The summed E-state index contributed by atoms with van der Waals surface area (Å²) in [5.41, 5.74) is 5.59. The number of thiophene rings is 1. The number of nitrogens with zero attached hydrogens (tertiary/aromatic N) is 1. The predicted molar refractivity (Wildman–Crippen MR) is 76.1 cm³/mol. The number of rotatable bonds is 5. The Morgan fingerprint density at radius 2 is 2.58 bits per heavy atom. The number of carbonyl (C=O) groups excluding carboxylic acids is 1. The summed E-state index contributed by atoms with van der Waals surface area (Å²) < 4.78 is 5.48. The van der Waals surface area contributed by atoms with Crippen LogP contribution in [0.4, 0.5) is 0 Å². The van der Waals surface area contributed by atoms with Gasteiger partial charge in [-0.15, -0.1) is 11.3 Å². The van der Waals surface area contributed by atoms with Gasteiger partial charge in [-0.05, 0) is 18.4 Å². The van der Waals surface area contributed by atoms with Crippen LogP contribution in [0.2, 0.25) is 0 Å². The monoisotopic (exact) mass is 283 g/mol. The van der Waals surface area contributed by atoms with Crippen LogP contribution in [0.3, 0.4) is 0 Å². The molecule has 1 aromatic heterocycles. The predicted octanol–water partition coefficient (Wildman–Crippen LogP) is 0.585. The maximum absolute atomic E-state index is 12.0. The minimum atomic E-state index is 0.0521. The Hall–Kier alpha value is -0.950. The molecule has 1 aromatic rings. The number of morpholine rings is 1. The molecular formula is C13H21N3O2S. The molecule has 1 saturated heterocycles. The lowest BCUT2D eigenvalue weighted by Crippen LogP contribution is -2.49. The Labute approximate surface area is 117 Å². The van der Waals surface area contributed by atoms with E-state index in [0.29, 0.717) is 19.7 Å². The van der Waals surface area contributed by atoms with Gasteiger partial charge >= 0.3 is 0 Å². The summed E-state index contributed by atoms with van der Waals surface area (Å²) in [6.45, 7) is 5.09. The average Bonchev–Trinajstić information content (AvgIpc) is 2.92. The number of amides is 1. The van der Waals surface area contributed by atoms with Gasteiger partial charge in [0.15, 0.2) is 0 Å². The molecule has 2 atom stereocenters. The Kier molecular flexibility index (Phi) is 5.33. The zero-order chi connectivity index (χ0) is 13.7. The molecule has 0 saturated carbocycles. The molecule has 1 fully saturated rings. The normalized spacial score (nSPS) is 22.1. The van der Waals surface area contributed by atoms with Gasteiger partial charge in [0.1, 0.15) is 0 Å². The van der Waals surface area contributed by atoms with Gasteiger partial charge in [0.25, 0.3) is 0 Å². The highest BCUT2D eigenvalue weighted by Crippen LogP contribution is 2.17. The Morgan fingerprint density at radius 3 is 3.26 bits per heavy atom. The molecule has 19 heavy (non-hydrogen) atoms. The second-order valence-electron chi connectivity index (χ2n) is 4.77. The molecule has 0 aliphatic carbocycles. The quantitative estimate of drug-likeness (QED) is 0.830. The molecule has 1 amide bonds. The van der Waals surface area contributed by atoms with Gasteiger partial charge in [-0.1, -0.05) is 6.07 Å². The van der Waals surface area contributed by atoms with Gasteiger partial charge in [-0.25, -0.2) is 0 Å². The highest BCUT2D eigenvalue weighted by Gasteiger charge is 2.21. The van der Waals surface area contributed by atoms with E-state index in [-0.39, 0.29) is 18.1 Å². The summed E-state index contributed by atoms with van der Waals surface area (Å²) in [6.07, 6.45) is 0.0521. The van der Waals surface area contributed by atoms with Crippen LogP contribution in [0.5, 0.6) is 0 Å². The molecule has 1 aliphatic rings. The summed E-state index contributed by atoms with van der Waals surface area (Å²) in [6, 6.07) is 4.10. The smallest absolute Gasteiger partial charge is 0.234 e. The number of nitrogens with two attached hydrogens (primary N) is 1. The van der Waals surface area contributed by atoms with Gasteiger partial charge in [-0.3, -0.25) is 9.69 Å². The lowest BCUT2D eigenvalue weighted by molar-refractivity contribution is -0.124. The van der Waals surface area contributed by atoms with Gasteiger partial charge in [-0.2, -0.15) is 0 Å². The van der Waals surface area contributed by atoms with Crippen LogP contribution in [0, 0.1) is 0 Å². The second kappa shape index (κ2) is 7.00. The van der Waals surface area contributed by atoms with E-state index in [1.807, 2.05) is 24.4 Å². The zero-order valence-corrected chi connectivity index (χ0v) is 12.0. The Bertz CT molecular complexity index is 397. The number of hydrogen-bond acceptors (Lipinski definition) is 5. The fourth-order valence-electron chi connectivity index (χ4n) is 2.17. The molecule has 1 aliphatic heterocycles. The van der Waals surface area contributed by atoms with Crippen molar-refractivity contribution in [2.24, 2.45) is 5.73 Å². The SMILES string of the molecule is CC(NC(=O)CN1CCOC(CN)C1)c1cccs1. The van der Waals surface area contributed by atoms with E-state index in [4.69, 9.17) is 10.5 Å². The molecule has 0 aromatic carbocycles. The summed E-state index contributed by atoms with van der Waals surface area (Å²) in [4.78, 5) is 15.3. The summed E-state index contributed by atoms with van der Waals surface area (Å²) >= 11 is 1.66. The van der Waals surface area contributed by atoms with Crippen molar-refractivity contribution >= 4 is 17.2 Å². The molecule has 0 spiro atoms. The molecule has 3 N–H and O–H groups in total. The highest BCUT2D eigenvalue weighted by atomic mass is 32.1. The van der Waals surface area contributed by atoms with Crippen molar-refractivity contribution in [3.63, 3.8) is 0 Å². The molecule has 2 unspecified atom stereocenters. The van der Waals surface area contributed by atoms with Gasteiger partial charge in [0, 0.05) is 24.5 Å². The molecule has 2 rings (SSSR count). The minimum absolute atomic E-state index is 0.0521. The van der Waals surface area contributed by atoms with E-state index in [1.165, 1.54) is 4.88 Å². The third kappa shape index (κ3) is 4.28. The largest absolute Gasteiger partial charge is 0.374 e. The van der Waals surface area contributed by atoms with Crippen LogP contribution in [-0.2, 0) is 9.53 Å². The van der Waals surface area contributed by atoms with Gasteiger partial charge < -0.3 is 15.8 Å². The van der Waals surface area contributed by atoms with Gasteiger partial charge in [0.2, 0.25) is 5.91 Å². The molecule has 106 valence electrons. The lowest BCUT2D eigenvalue weighted by Gasteiger charge is -2.31. The molecule has 0 bridgehead atoms. The van der Waals surface area contributed by atoms with Crippen molar-refractivity contribution in [1.82, 2.24) is 10.2 Å². The fourth-order valence-corrected chi connectivity index (χ4v) is 2.90. The first kappa shape index (κ1) is 14.5. The Balaban J connectivity index is 1.77. The first-order valence-corrected chi connectivity index (χ1v) is 7.44. The second-order valence-corrected chi connectivity index (χ2v) is 5.75. The van der Waals surface area contributed by atoms with Crippen LogP contribution in [-0.4, -0.2) is 49.7 Å². The maximum atomic E-state index is 12.0. The third-order valence-electron chi connectivity index (χ3n) is 3.20. The molecule has 6 heteroatoms. The van der Waals surface area contributed by atoms with Crippen LogP contribution < -0.4 is 11.1 Å². The summed E-state index contributed by atoms with van der Waals surface area (Å²) in [7, 11) is 0. The zero-order valence-electron chi connectivity index (χ0n) is 11.2. The van der Waals surface area contributed by atoms with E-state index in [1.54, 1.807) is 11.3 Å². The number of carbonyl (C=O) groups is 1. The fraction of sp³-hybridized carbons (Fsp3) is 0.615. The maximum Gasteiger partial charge on any atom is 0.234 e. The first-order valence-electron chi connectivity index (χ1n) is 6.56. The van der Waals surface area contributed by atoms with Crippen molar-refractivity contribution in [1.29, 1.82) is 0 Å². The Morgan fingerprint density at radius 1 is 1.74 bits per heavy atom. The van der Waals surface area contributed by atoms with Crippen molar-refractivity contribution in [2.45, 2.75) is 19.1 Å². The lowest BCUT2D eigenvalue weighted by atomic mass is 10.2. The van der Waals surface area contributed by atoms with E-state index in [0.717, 1.165) is 13.1 Å².